The summed E-state index contributed by atoms with van der Waals surface area (Å²) in [4.78, 5) is 0. The molecule has 1 rings (SSSR count). The number of rotatable bonds is 25. The molecule has 0 bridgehead atoms. The lowest BCUT2D eigenvalue weighted by Gasteiger charge is -2.11. The van der Waals surface area contributed by atoms with Crippen LogP contribution in [-0.2, 0) is 6.42 Å². The smallest absolute Gasteiger partial charge is 0.0155 e. The van der Waals surface area contributed by atoms with Crippen molar-refractivity contribution in [1.29, 1.82) is 0 Å². The number of hydrogen-bond donors (Lipinski definition) is 0. The molecule has 1 aromatic carbocycles. The molecule has 0 aliphatic heterocycles. The topological polar surface area (TPSA) is 0 Å². The van der Waals surface area contributed by atoms with Gasteiger partial charge in [0.2, 0.25) is 0 Å². The summed E-state index contributed by atoms with van der Waals surface area (Å²) in [5, 5.41) is 0. The lowest BCUT2D eigenvalue weighted by atomic mass is 9.94. The predicted molar refractivity (Wildman–Crippen MR) is 166 cm³/mol. The Morgan fingerprint density at radius 2 is 1.06 bits per heavy atom. The maximum atomic E-state index is 4.08. The Morgan fingerprint density at radius 1 is 0.639 bits per heavy atom. The van der Waals surface area contributed by atoms with E-state index in [0.717, 1.165) is 6.42 Å². The van der Waals surface area contributed by atoms with Gasteiger partial charge in [-0.25, -0.2) is 0 Å². The second-order valence-corrected chi connectivity index (χ2v) is 11.6. The van der Waals surface area contributed by atoms with Gasteiger partial charge in [0.05, 0.1) is 0 Å². The predicted octanol–water partition coefficient (Wildman–Crippen LogP) is 12.7. The molecule has 0 heteroatoms. The molecule has 0 aliphatic rings. The first-order valence-electron chi connectivity index (χ1n) is 16.1. The first-order chi connectivity index (χ1) is 17.7. The van der Waals surface area contributed by atoms with E-state index in [1.165, 1.54) is 152 Å². The number of unbranched alkanes of at least 4 members (excludes halogenated alkanes) is 19. The van der Waals surface area contributed by atoms with Crippen LogP contribution < -0.4 is 0 Å². The average molecular weight is 495 g/mol. The van der Waals surface area contributed by atoms with Crippen molar-refractivity contribution >= 4 is 5.57 Å². The van der Waals surface area contributed by atoms with E-state index >= 15 is 0 Å². The first kappa shape index (κ1) is 32.7. The van der Waals surface area contributed by atoms with Gasteiger partial charge in [-0.15, -0.1) is 0 Å². The minimum Gasteiger partial charge on any atom is -0.0985 e. The van der Waals surface area contributed by atoms with Gasteiger partial charge in [-0.1, -0.05) is 186 Å². The molecule has 0 spiro atoms. The van der Waals surface area contributed by atoms with Crippen LogP contribution in [0.15, 0.2) is 43.0 Å². The standard InChI is InChI=1S/C36H62/c1-5-7-8-9-10-11-12-13-14-15-16-17-18-19-20-21-22-23-24-25-28-35-29-26-27-30-36(35)34(6-2)32-31-33(3)4/h6,26-27,29-30,32-33H,2,5,7-25,28,31H2,1,3-4H3/b34-32-. The van der Waals surface area contributed by atoms with Crippen LogP contribution in [0, 0.1) is 5.92 Å². The molecule has 0 radical (unpaired) electrons. The zero-order chi connectivity index (χ0) is 26.1. The van der Waals surface area contributed by atoms with Crippen LogP contribution in [0.25, 0.3) is 5.57 Å². The quantitative estimate of drug-likeness (QED) is 0.0936. The van der Waals surface area contributed by atoms with E-state index in [4.69, 9.17) is 0 Å². The summed E-state index contributed by atoms with van der Waals surface area (Å²) in [7, 11) is 0. The Balaban J connectivity index is 1.96. The van der Waals surface area contributed by atoms with E-state index in [0.29, 0.717) is 5.92 Å². The molecular formula is C36H62. The summed E-state index contributed by atoms with van der Waals surface area (Å²) in [6.45, 7) is 10.9. The molecule has 0 fully saturated rings. The fraction of sp³-hybridized carbons (Fsp3) is 0.722. The van der Waals surface area contributed by atoms with Gasteiger partial charge in [-0.2, -0.15) is 0 Å². The highest BCUT2D eigenvalue weighted by Crippen LogP contribution is 2.24. The van der Waals surface area contributed by atoms with Gasteiger partial charge < -0.3 is 0 Å². The largest absolute Gasteiger partial charge is 0.0985 e. The van der Waals surface area contributed by atoms with Crippen LogP contribution in [0.4, 0.5) is 0 Å². The molecular weight excluding hydrogens is 432 g/mol. The van der Waals surface area contributed by atoms with Gasteiger partial charge in [0, 0.05) is 0 Å². The number of benzene rings is 1. The van der Waals surface area contributed by atoms with E-state index < -0.39 is 0 Å². The SMILES string of the molecule is C=C/C(=C/CC(C)C)c1ccccc1CCCCCCCCCCCCCCCCCCCCCC. The fourth-order valence-electron chi connectivity index (χ4n) is 5.26. The van der Waals surface area contributed by atoms with Gasteiger partial charge in [0.25, 0.3) is 0 Å². The van der Waals surface area contributed by atoms with Crippen molar-refractivity contribution < 1.29 is 0 Å². The van der Waals surface area contributed by atoms with Gasteiger partial charge in [-0.3, -0.25) is 0 Å². The van der Waals surface area contributed by atoms with Crippen molar-refractivity contribution in [2.45, 2.75) is 162 Å². The number of aryl methyl sites for hydroxylation is 1. The molecule has 0 saturated carbocycles. The molecule has 1 aromatic rings. The lowest BCUT2D eigenvalue weighted by molar-refractivity contribution is 0.521. The maximum Gasteiger partial charge on any atom is -0.0155 e. The highest BCUT2D eigenvalue weighted by Gasteiger charge is 2.05. The number of hydrogen-bond acceptors (Lipinski definition) is 0. The molecule has 0 aromatic heterocycles. The summed E-state index contributed by atoms with van der Waals surface area (Å²) in [5.41, 5.74) is 4.20. The van der Waals surface area contributed by atoms with E-state index in [1.807, 2.05) is 6.08 Å². The summed E-state index contributed by atoms with van der Waals surface area (Å²) in [6.07, 6.45) is 35.5. The molecule has 36 heavy (non-hydrogen) atoms. The lowest BCUT2D eigenvalue weighted by Crippen LogP contribution is -1.94. The third-order valence-electron chi connectivity index (χ3n) is 7.66. The Kier molecular flexibility index (Phi) is 21.9. The van der Waals surface area contributed by atoms with Crippen LogP contribution in [0.5, 0.6) is 0 Å². The van der Waals surface area contributed by atoms with Crippen LogP contribution >= 0.6 is 0 Å². The van der Waals surface area contributed by atoms with E-state index in [2.05, 4.69) is 57.7 Å². The van der Waals surface area contributed by atoms with E-state index in [1.54, 1.807) is 0 Å². The van der Waals surface area contributed by atoms with Crippen molar-refractivity contribution in [3.05, 3.63) is 54.1 Å². The zero-order valence-electron chi connectivity index (χ0n) is 24.8. The highest BCUT2D eigenvalue weighted by molar-refractivity contribution is 5.75. The molecule has 0 saturated heterocycles. The molecule has 206 valence electrons. The van der Waals surface area contributed by atoms with Gasteiger partial charge in [-0.05, 0) is 41.9 Å². The van der Waals surface area contributed by atoms with Crippen molar-refractivity contribution in [2.24, 2.45) is 5.92 Å². The third-order valence-corrected chi connectivity index (χ3v) is 7.66. The molecule has 0 nitrogen and oxygen atoms in total. The number of allylic oxidation sites excluding steroid dienone is 3. The van der Waals surface area contributed by atoms with Gasteiger partial charge in [0.1, 0.15) is 0 Å². The summed E-state index contributed by atoms with van der Waals surface area (Å²) in [6, 6.07) is 8.96. The summed E-state index contributed by atoms with van der Waals surface area (Å²) >= 11 is 0. The summed E-state index contributed by atoms with van der Waals surface area (Å²) in [5.74, 6) is 0.691. The molecule has 0 aliphatic carbocycles. The minimum atomic E-state index is 0.691. The Bertz CT molecular complexity index is 650. The molecule has 0 atom stereocenters. The average Bonchev–Trinajstić information content (AvgIpc) is 2.88. The molecule has 0 unspecified atom stereocenters. The zero-order valence-corrected chi connectivity index (χ0v) is 24.8. The minimum absolute atomic E-state index is 0.691. The fourth-order valence-corrected chi connectivity index (χ4v) is 5.26. The van der Waals surface area contributed by atoms with Crippen molar-refractivity contribution in [3.63, 3.8) is 0 Å². The van der Waals surface area contributed by atoms with Gasteiger partial charge in [0.15, 0.2) is 0 Å². The second kappa shape index (κ2) is 24.1. The van der Waals surface area contributed by atoms with Crippen molar-refractivity contribution in [2.75, 3.05) is 0 Å². The van der Waals surface area contributed by atoms with Crippen LogP contribution in [0.3, 0.4) is 0 Å². The Hall–Kier alpha value is -1.30. The molecule has 0 heterocycles. The second-order valence-electron chi connectivity index (χ2n) is 11.6. The van der Waals surface area contributed by atoms with E-state index in [-0.39, 0.29) is 0 Å². The van der Waals surface area contributed by atoms with Crippen LogP contribution in [-0.4, -0.2) is 0 Å². The third kappa shape index (κ3) is 18.0. The van der Waals surface area contributed by atoms with Crippen LogP contribution in [0.1, 0.15) is 167 Å². The first-order valence-corrected chi connectivity index (χ1v) is 16.1. The Morgan fingerprint density at radius 3 is 1.47 bits per heavy atom. The monoisotopic (exact) mass is 494 g/mol. The van der Waals surface area contributed by atoms with Crippen LogP contribution in [0.2, 0.25) is 0 Å². The van der Waals surface area contributed by atoms with Crippen molar-refractivity contribution in [3.8, 4) is 0 Å². The molecule has 0 amide bonds. The Labute approximate surface area is 227 Å². The summed E-state index contributed by atoms with van der Waals surface area (Å²) < 4.78 is 0. The molecule has 0 N–H and O–H groups in total. The van der Waals surface area contributed by atoms with E-state index in [9.17, 15) is 0 Å². The highest BCUT2D eigenvalue weighted by atomic mass is 14.1. The van der Waals surface area contributed by atoms with Gasteiger partial charge >= 0.3 is 0 Å². The maximum absolute atomic E-state index is 4.08. The van der Waals surface area contributed by atoms with Crippen molar-refractivity contribution in [1.82, 2.24) is 0 Å². The normalized spacial score (nSPS) is 11.9.